The van der Waals surface area contributed by atoms with E-state index in [2.05, 4.69) is 26.0 Å². The normalized spacial score (nSPS) is 12.3. The monoisotopic (exact) mass is 640 g/mol. The molecule has 0 saturated heterocycles. The first-order valence-electron chi connectivity index (χ1n) is 13.1. The number of nitrogens with zero attached hydrogens (tertiary/aromatic N) is 4. The van der Waals surface area contributed by atoms with E-state index in [1.165, 1.54) is 44.9 Å². The Balaban J connectivity index is 1.68. The molecule has 7 nitrogen and oxygen atoms in total. The van der Waals surface area contributed by atoms with Gasteiger partial charge in [-0.15, -0.1) is 0 Å². The maximum Gasteiger partial charge on any atom is 0.280 e. The molecule has 0 aliphatic heterocycles. The molecule has 0 bridgehead atoms. The molecule has 3 aromatic carbocycles. The molecule has 0 fully saturated rings. The summed E-state index contributed by atoms with van der Waals surface area (Å²) in [5.74, 6) is -0.0424. The second-order valence-electron chi connectivity index (χ2n) is 10.5. The summed E-state index contributed by atoms with van der Waals surface area (Å²) in [7, 11) is -3.71. The fourth-order valence-electron chi connectivity index (χ4n) is 4.07. The maximum atomic E-state index is 13.8. The minimum Gasteiger partial charge on any atom is -0.267 e. The predicted octanol–water partition coefficient (Wildman–Crippen LogP) is 7.35. The van der Waals surface area contributed by atoms with E-state index >= 15 is 0 Å². The van der Waals surface area contributed by atoms with Gasteiger partial charge in [0.15, 0.2) is 0 Å². The van der Waals surface area contributed by atoms with Crippen LogP contribution in [0.25, 0.3) is 10.2 Å². The van der Waals surface area contributed by atoms with Crippen LogP contribution in [0.2, 0.25) is 0 Å². The van der Waals surface area contributed by atoms with Crippen LogP contribution in [0, 0.1) is 18.8 Å². The predicted molar refractivity (Wildman–Crippen MR) is 168 cm³/mol. The topological polar surface area (TPSA) is 82.9 Å². The van der Waals surface area contributed by atoms with Crippen LogP contribution in [0.3, 0.4) is 0 Å². The largest absolute Gasteiger partial charge is 0.280 e. The van der Waals surface area contributed by atoms with Crippen molar-refractivity contribution in [2.75, 3.05) is 18.1 Å². The fraction of sp³-hybridized carbons (Fsp3) is 0.300. The lowest BCUT2D eigenvalue weighted by atomic mass is 10.2. The number of anilines is 1. The number of thiazole rings is 1. The standard InChI is InChI=1S/C30H33BrN4O3S2/c1-20(2)18-34(19-21(3)4)40(37,38)26-13-10-24(11-14-26)29(36)35(32-17-23-8-6-22(5)7-9-23)30-33-27-15-12-25(31)16-28(27)39-30/h6-17,20-21H,18-19H2,1-5H3/b32-17+. The van der Waals surface area contributed by atoms with Crippen LogP contribution in [-0.2, 0) is 10.0 Å². The van der Waals surface area contributed by atoms with E-state index in [-0.39, 0.29) is 16.7 Å². The summed E-state index contributed by atoms with van der Waals surface area (Å²) in [6.45, 7) is 10.8. The lowest BCUT2D eigenvalue weighted by molar-refractivity contribution is 0.0987. The second-order valence-corrected chi connectivity index (χ2v) is 14.4. The zero-order valence-corrected chi connectivity index (χ0v) is 26.4. The number of halogens is 1. The summed E-state index contributed by atoms with van der Waals surface area (Å²) in [4.78, 5) is 18.6. The molecular formula is C30H33BrN4O3S2. The highest BCUT2D eigenvalue weighted by molar-refractivity contribution is 9.10. The van der Waals surface area contributed by atoms with Gasteiger partial charge in [0.05, 0.1) is 21.3 Å². The molecule has 0 unspecified atom stereocenters. The van der Waals surface area contributed by atoms with Gasteiger partial charge in [0.25, 0.3) is 5.91 Å². The van der Waals surface area contributed by atoms with Crippen LogP contribution in [-0.4, -0.2) is 42.9 Å². The van der Waals surface area contributed by atoms with Crippen LogP contribution in [0.15, 0.2) is 81.2 Å². The zero-order chi connectivity index (χ0) is 29.0. The van der Waals surface area contributed by atoms with E-state index in [0.29, 0.717) is 23.8 Å². The first-order valence-corrected chi connectivity index (χ1v) is 16.1. The number of aromatic nitrogens is 1. The molecule has 0 aliphatic carbocycles. The fourth-order valence-corrected chi connectivity index (χ4v) is 7.31. The molecule has 210 valence electrons. The summed E-state index contributed by atoms with van der Waals surface area (Å²) in [6.07, 6.45) is 1.62. The number of fused-ring (bicyclic) bond motifs is 1. The highest BCUT2D eigenvalue weighted by Gasteiger charge is 2.27. The number of hydrogen-bond acceptors (Lipinski definition) is 6. The van der Waals surface area contributed by atoms with Gasteiger partial charge < -0.3 is 0 Å². The van der Waals surface area contributed by atoms with Crippen molar-refractivity contribution in [1.29, 1.82) is 0 Å². The Morgan fingerprint density at radius 2 is 1.60 bits per heavy atom. The third kappa shape index (κ3) is 7.23. The molecule has 40 heavy (non-hydrogen) atoms. The summed E-state index contributed by atoms with van der Waals surface area (Å²) in [5, 5.41) is 6.21. The molecule has 0 aliphatic rings. The van der Waals surface area contributed by atoms with Crippen LogP contribution < -0.4 is 5.01 Å². The van der Waals surface area contributed by atoms with Crippen molar-refractivity contribution in [1.82, 2.24) is 9.29 Å². The van der Waals surface area contributed by atoms with E-state index in [0.717, 1.165) is 25.8 Å². The Kier molecular flexibility index (Phi) is 9.56. The van der Waals surface area contributed by atoms with Gasteiger partial charge in [-0.1, -0.05) is 84.8 Å². The van der Waals surface area contributed by atoms with E-state index in [9.17, 15) is 13.2 Å². The van der Waals surface area contributed by atoms with Gasteiger partial charge >= 0.3 is 0 Å². The average molecular weight is 642 g/mol. The first kappa shape index (κ1) is 30.0. The molecule has 10 heteroatoms. The van der Waals surface area contributed by atoms with Gasteiger partial charge in [-0.05, 0) is 66.8 Å². The van der Waals surface area contributed by atoms with Crippen LogP contribution >= 0.6 is 27.3 Å². The third-order valence-corrected chi connectivity index (χ3v) is 9.32. The van der Waals surface area contributed by atoms with Crippen LogP contribution in [0.1, 0.15) is 49.2 Å². The van der Waals surface area contributed by atoms with Crippen molar-refractivity contribution >= 4 is 64.8 Å². The average Bonchev–Trinajstić information content (AvgIpc) is 3.31. The Bertz CT molecular complexity index is 1600. The summed E-state index contributed by atoms with van der Waals surface area (Å²) in [6, 6.07) is 19.6. The van der Waals surface area contributed by atoms with Gasteiger partial charge in [0, 0.05) is 23.1 Å². The Morgan fingerprint density at radius 1 is 0.975 bits per heavy atom. The van der Waals surface area contributed by atoms with E-state index in [4.69, 9.17) is 0 Å². The number of carbonyl (C=O) groups is 1. The molecule has 0 saturated carbocycles. The lowest BCUT2D eigenvalue weighted by Gasteiger charge is -2.25. The third-order valence-electron chi connectivity index (χ3n) is 5.99. The van der Waals surface area contributed by atoms with Gasteiger partial charge in [-0.25, -0.2) is 13.4 Å². The summed E-state index contributed by atoms with van der Waals surface area (Å²) < 4.78 is 30.2. The number of rotatable bonds is 10. The molecule has 0 atom stereocenters. The van der Waals surface area contributed by atoms with Crippen molar-refractivity contribution in [2.45, 2.75) is 39.5 Å². The number of amides is 1. The minimum atomic E-state index is -3.71. The van der Waals surface area contributed by atoms with Crippen LogP contribution in [0.5, 0.6) is 0 Å². The second kappa shape index (κ2) is 12.7. The number of benzene rings is 3. The van der Waals surface area contributed by atoms with Gasteiger partial charge in [0.2, 0.25) is 15.2 Å². The smallest absolute Gasteiger partial charge is 0.267 e. The highest BCUT2D eigenvalue weighted by atomic mass is 79.9. The Morgan fingerprint density at radius 3 is 2.20 bits per heavy atom. The highest BCUT2D eigenvalue weighted by Crippen LogP contribution is 2.32. The van der Waals surface area contributed by atoms with Crippen molar-refractivity contribution < 1.29 is 13.2 Å². The molecule has 4 aromatic rings. The molecule has 0 spiro atoms. The number of hydrogen-bond donors (Lipinski definition) is 0. The number of carbonyl (C=O) groups excluding carboxylic acids is 1. The van der Waals surface area contributed by atoms with Gasteiger partial charge in [-0.3, -0.25) is 4.79 Å². The number of aryl methyl sites for hydroxylation is 1. The number of hydrazone groups is 1. The Hall–Kier alpha value is -2.92. The number of sulfonamides is 1. The molecule has 0 radical (unpaired) electrons. The SMILES string of the molecule is Cc1ccc(/C=N/N(C(=O)c2ccc(S(=O)(=O)N(CC(C)C)CC(C)C)cc2)c2nc3ccc(Br)cc3s2)cc1. The maximum absolute atomic E-state index is 13.8. The minimum absolute atomic E-state index is 0.157. The summed E-state index contributed by atoms with van der Waals surface area (Å²) >= 11 is 4.84. The van der Waals surface area contributed by atoms with Crippen molar-refractivity contribution in [2.24, 2.45) is 16.9 Å². The van der Waals surface area contributed by atoms with Crippen molar-refractivity contribution in [3.8, 4) is 0 Å². The van der Waals surface area contributed by atoms with Gasteiger partial charge in [-0.2, -0.15) is 14.4 Å². The Labute approximate surface area is 248 Å². The van der Waals surface area contributed by atoms with Crippen LogP contribution in [0.4, 0.5) is 5.13 Å². The lowest BCUT2D eigenvalue weighted by Crippen LogP contribution is -2.37. The zero-order valence-electron chi connectivity index (χ0n) is 23.2. The molecule has 1 heterocycles. The molecule has 4 rings (SSSR count). The van der Waals surface area contributed by atoms with Gasteiger partial charge in [0.1, 0.15) is 0 Å². The van der Waals surface area contributed by atoms with E-state index in [1.54, 1.807) is 6.21 Å². The van der Waals surface area contributed by atoms with E-state index in [1.807, 2.05) is 77.1 Å². The molecule has 1 aromatic heterocycles. The molecular weight excluding hydrogens is 608 g/mol. The van der Waals surface area contributed by atoms with Crippen molar-refractivity contribution in [3.05, 3.63) is 87.9 Å². The first-order chi connectivity index (χ1) is 18.9. The van der Waals surface area contributed by atoms with Crippen molar-refractivity contribution in [3.63, 3.8) is 0 Å². The van der Waals surface area contributed by atoms with E-state index < -0.39 is 15.9 Å². The quantitative estimate of drug-likeness (QED) is 0.134. The molecule has 1 amide bonds. The summed E-state index contributed by atoms with van der Waals surface area (Å²) in [5.41, 5.74) is 3.02. The molecule has 0 N–H and O–H groups in total.